The van der Waals surface area contributed by atoms with Crippen molar-refractivity contribution in [2.75, 3.05) is 6.79 Å². The van der Waals surface area contributed by atoms with Crippen molar-refractivity contribution in [2.24, 2.45) is 0 Å². The van der Waals surface area contributed by atoms with Gasteiger partial charge in [-0.1, -0.05) is 35.5 Å². The van der Waals surface area contributed by atoms with Gasteiger partial charge >= 0.3 is 0 Å². The number of benzene rings is 2. The maximum absolute atomic E-state index is 12.9. The Morgan fingerprint density at radius 1 is 1.06 bits per heavy atom. The number of ether oxygens (including phenoxy) is 2. The second-order valence-corrected chi connectivity index (χ2v) is 8.34. The van der Waals surface area contributed by atoms with Gasteiger partial charge in [0.1, 0.15) is 18.3 Å². The smallest absolute Gasteiger partial charge is 0.255 e. The van der Waals surface area contributed by atoms with Gasteiger partial charge in [0, 0.05) is 11.5 Å². The second kappa shape index (κ2) is 7.17. The minimum absolute atomic E-state index is 0.0392. The first-order chi connectivity index (χ1) is 16.0. The van der Waals surface area contributed by atoms with Crippen molar-refractivity contribution >= 4 is 5.91 Å². The fourth-order valence-corrected chi connectivity index (χ4v) is 5.15. The Bertz CT molecular complexity index is 1250. The molecule has 2 aliphatic heterocycles. The molecule has 5 N–H and O–H groups in total. The molecule has 33 heavy (non-hydrogen) atoms. The maximum atomic E-state index is 12.9. The number of amides is 1. The average Bonchev–Trinajstić information content (AvgIpc) is 3.49. The lowest BCUT2D eigenvalue weighted by atomic mass is 9.68. The van der Waals surface area contributed by atoms with Gasteiger partial charge < -0.3 is 35.2 Å². The summed E-state index contributed by atoms with van der Waals surface area (Å²) in [5, 5.41) is 54.2. The van der Waals surface area contributed by atoms with Crippen molar-refractivity contribution in [1.82, 2.24) is 20.3 Å². The molecule has 6 unspecified atom stereocenters. The Morgan fingerprint density at radius 3 is 2.64 bits per heavy atom. The fourth-order valence-electron chi connectivity index (χ4n) is 5.15. The number of rotatable bonds is 2. The Kier molecular flexibility index (Phi) is 4.34. The number of aromatic nitrogens is 3. The molecule has 1 amide bonds. The van der Waals surface area contributed by atoms with Crippen molar-refractivity contribution in [1.29, 1.82) is 0 Å². The first-order valence-corrected chi connectivity index (χ1v) is 10.4. The zero-order chi connectivity index (χ0) is 22.9. The Balaban J connectivity index is 1.57. The van der Waals surface area contributed by atoms with Gasteiger partial charge in [-0.3, -0.25) is 4.79 Å². The van der Waals surface area contributed by atoms with E-state index in [0.717, 1.165) is 5.56 Å². The number of aromatic hydroxyl groups is 1. The summed E-state index contributed by atoms with van der Waals surface area (Å²) in [6.45, 7) is -0.115. The zero-order valence-corrected chi connectivity index (χ0v) is 17.1. The van der Waals surface area contributed by atoms with Crippen LogP contribution in [0, 0.1) is 0 Å². The molecule has 3 aliphatic rings. The van der Waals surface area contributed by atoms with Crippen LogP contribution in [0.2, 0.25) is 0 Å². The molecule has 0 spiro atoms. The second-order valence-electron chi connectivity index (χ2n) is 8.34. The number of hydrogen-bond acceptors (Lipinski definition) is 9. The van der Waals surface area contributed by atoms with Crippen LogP contribution in [0.1, 0.15) is 27.9 Å². The highest BCUT2D eigenvalue weighted by molar-refractivity contribution is 6.01. The predicted octanol–water partition coefficient (Wildman–Crippen LogP) is -0.0874. The van der Waals surface area contributed by atoms with Gasteiger partial charge in [-0.2, -0.15) is 0 Å². The number of phenolic OH excluding ortho intramolecular Hbond substituents is 1. The molecule has 170 valence electrons. The predicted molar refractivity (Wildman–Crippen MR) is 111 cm³/mol. The summed E-state index contributed by atoms with van der Waals surface area (Å²) in [6, 6.07) is 8.92. The summed E-state index contributed by atoms with van der Waals surface area (Å²) < 4.78 is 12.2. The molecule has 11 heteroatoms. The van der Waals surface area contributed by atoms with Crippen molar-refractivity contribution in [3.05, 3.63) is 53.7 Å². The minimum Gasteiger partial charge on any atom is -0.504 e. The molecule has 0 saturated heterocycles. The third-order valence-electron chi connectivity index (χ3n) is 6.65. The first-order valence-electron chi connectivity index (χ1n) is 10.4. The number of nitrogens with zero attached hydrogens (tertiary/aromatic N) is 3. The molecule has 0 radical (unpaired) electrons. The summed E-state index contributed by atoms with van der Waals surface area (Å²) in [4.78, 5) is 12.9. The van der Waals surface area contributed by atoms with Crippen LogP contribution < -0.4 is 14.8 Å². The van der Waals surface area contributed by atoms with Crippen LogP contribution in [0.5, 0.6) is 17.2 Å². The Labute approximate surface area is 186 Å². The number of carbonyl (C=O) groups excluding carboxylic acids is 1. The van der Waals surface area contributed by atoms with Gasteiger partial charge in [-0.15, -0.1) is 5.10 Å². The van der Waals surface area contributed by atoms with Gasteiger partial charge in [0.15, 0.2) is 11.5 Å². The van der Waals surface area contributed by atoms with Gasteiger partial charge in [-0.05, 0) is 11.6 Å². The number of carbonyl (C=O) groups is 1. The number of aliphatic hydroxyl groups is 3. The van der Waals surface area contributed by atoms with Gasteiger partial charge in [0.2, 0.25) is 12.5 Å². The van der Waals surface area contributed by atoms with Gasteiger partial charge in [0.25, 0.3) is 5.91 Å². The van der Waals surface area contributed by atoms with E-state index in [-0.39, 0.29) is 29.6 Å². The van der Waals surface area contributed by atoms with E-state index in [9.17, 15) is 25.2 Å². The van der Waals surface area contributed by atoms with E-state index in [4.69, 9.17) is 9.47 Å². The number of hydrogen-bond donors (Lipinski definition) is 5. The van der Waals surface area contributed by atoms with Crippen LogP contribution in [-0.2, 0) is 0 Å². The van der Waals surface area contributed by atoms with Crippen LogP contribution in [0.25, 0.3) is 11.3 Å². The lowest BCUT2D eigenvalue weighted by molar-refractivity contribution is -0.128. The highest BCUT2D eigenvalue weighted by Crippen LogP contribution is 2.52. The Hall–Kier alpha value is -3.67. The number of aliphatic hydroxyl groups excluding tert-OH is 3. The summed E-state index contributed by atoms with van der Waals surface area (Å²) in [5.41, 5.74) is 1.66. The molecule has 1 aromatic heterocycles. The quantitative estimate of drug-likeness (QED) is 0.358. The number of nitrogens with one attached hydrogen (secondary N) is 1. The van der Waals surface area contributed by atoms with Crippen LogP contribution in [0.4, 0.5) is 0 Å². The zero-order valence-electron chi connectivity index (χ0n) is 17.1. The van der Waals surface area contributed by atoms with E-state index in [2.05, 4.69) is 15.6 Å². The van der Waals surface area contributed by atoms with Crippen molar-refractivity contribution in [3.63, 3.8) is 0 Å². The highest BCUT2D eigenvalue weighted by Gasteiger charge is 2.55. The van der Waals surface area contributed by atoms with Crippen LogP contribution in [-0.4, -0.2) is 72.5 Å². The van der Waals surface area contributed by atoms with E-state index in [0.29, 0.717) is 11.3 Å². The molecular weight excluding hydrogens is 432 g/mol. The van der Waals surface area contributed by atoms with E-state index in [1.54, 1.807) is 6.07 Å². The molecule has 1 saturated carbocycles. The van der Waals surface area contributed by atoms with E-state index < -0.39 is 42.2 Å². The van der Waals surface area contributed by atoms with Crippen molar-refractivity contribution in [2.45, 2.75) is 36.3 Å². The normalized spacial score (nSPS) is 29.8. The molecule has 3 heterocycles. The Morgan fingerprint density at radius 2 is 1.85 bits per heavy atom. The van der Waals surface area contributed by atoms with Crippen LogP contribution in [0.15, 0.2) is 42.6 Å². The number of phenols is 1. The van der Waals surface area contributed by atoms with Crippen LogP contribution in [0.3, 0.4) is 0 Å². The monoisotopic (exact) mass is 452 g/mol. The largest absolute Gasteiger partial charge is 0.504 e. The van der Waals surface area contributed by atoms with E-state index in [1.165, 1.54) is 10.9 Å². The lowest BCUT2D eigenvalue weighted by Crippen LogP contribution is -2.65. The SMILES string of the molecule is O=C1NC2C(O)C(O)C(O)C(n3nncc3-c3ccccc3)C2c2cc3c(c(O)c21)OCO3. The summed E-state index contributed by atoms with van der Waals surface area (Å²) >= 11 is 0. The molecule has 11 nitrogen and oxygen atoms in total. The lowest BCUT2D eigenvalue weighted by Gasteiger charge is -2.49. The first kappa shape index (κ1) is 20.0. The molecule has 6 atom stereocenters. The molecule has 3 aromatic rings. The third kappa shape index (κ3) is 2.76. The number of fused-ring (bicyclic) bond motifs is 4. The molecule has 6 rings (SSSR count). The highest BCUT2D eigenvalue weighted by atomic mass is 16.7. The van der Waals surface area contributed by atoms with Gasteiger partial charge in [0.05, 0.1) is 29.5 Å². The molecule has 1 fully saturated rings. The van der Waals surface area contributed by atoms with Crippen LogP contribution >= 0.6 is 0 Å². The summed E-state index contributed by atoms with van der Waals surface area (Å²) in [7, 11) is 0. The maximum Gasteiger partial charge on any atom is 0.255 e. The van der Waals surface area contributed by atoms with Gasteiger partial charge in [-0.25, -0.2) is 4.68 Å². The van der Waals surface area contributed by atoms with E-state index >= 15 is 0 Å². The molecule has 0 bridgehead atoms. The van der Waals surface area contributed by atoms with Crippen molar-refractivity contribution < 1.29 is 34.7 Å². The summed E-state index contributed by atoms with van der Waals surface area (Å²) in [6.07, 6.45) is -2.95. The minimum atomic E-state index is -1.56. The average molecular weight is 452 g/mol. The topological polar surface area (TPSA) is 159 Å². The van der Waals surface area contributed by atoms with Crippen molar-refractivity contribution in [3.8, 4) is 28.5 Å². The molecular formula is C22H20N4O7. The fraction of sp³-hybridized carbons (Fsp3) is 0.318. The summed E-state index contributed by atoms with van der Waals surface area (Å²) in [5.74, 6) is -1.50. The molecule has 2 aromatic carbocycles. The third-order valence-corrected chi connectivity index (χ3v) is 6.65. The molecule has 1 aliphatic carbocycles. The standard InChI is InChI=1S/C22H20N4O7/c27-17-14-10(6-12-21(17)33-8-32-12)13-15(24-22(14)31)18(28)20(30)19(29)16(13)26-11(7-23-25-26)9-4-2-1-3-5-9/h1-7,13,15-16,18-20,27-30H,8H2,(H,24,31). The van der Waals surface area contributed by atoms with E-state index in [1.807, 2.05) is 30.3 Å².